The molecule has 0 heterocycles. The molecule has 1 rings (SSSR count). The number of benzene rings is 1. The molecule has 0 atom stereocenters. The SMILES string of the molecule is CC(C)(C)OC(=O)NCCNCc1cc(C(F)(F)F)cc(C(F)(F)F)c1. The molecule has 1 aromatic carbocycles. The van der Waals surface area contributed by atoms with Gasteiger partial charge >= 0.3 is 18.4 Å². The van der Waals surface area contributed by atoms with Crippen LogP contribution in [-0.4, -0.2) is 24.8 Å². The number of alkyl carbamates (subject to hydrolysis) is 1. The number of rotatable bonds is 5. The van der Waals surface area contributed by atoms with Gasteiger partial charge in [0.15, 0.2) is 0 Å². The first kappa shape index (κ1) is 22.1. The minimum absolute atomic E-state index is 0.0769. The van der Waals surface area contributed by atoms with E-state index in [1.807, 2.05) is 0 Å². The van der Waals surface area contributed by atoms with E-state index < -0.39 is 35.2 Å². The van der Waals surface area contributed by atoms with Gasteiger partial charge in [0.05, 0.1) is 11.1 Å². The second-order valence-corrected chi connectivity index (χ2v) is 6.52. The number of ether oxygens (including phenoxy) is 1. The average Bonchev–Trinajstić information content (AvgIpc) is 2.42. The van der Waals surface area contributed by atoms with Crippen LogP contribution in [-0.2, 0) is 23.6 Å². The quantitative estimate of drug-likeness (QED) is 0.585. The fourth-order valence-corrected chi connectivity index (χ4v) is 1.92. The Labute approximate surface area is 146 Å². The predicted octanol–water partition coefficient (Wildman–Crippen LogP) is 4.34. The Hall–Kier alpha value is -1.97. The van der Waals surface area contributed by atoms with E-state index in [1.165, 1.54) is 0 Å². The number of amides is 1. The fraction of sp³-hybridized carbons (Fsp3) is 0.562. The summed E-state index contributed by atoms with van der Waals surface area (Å²) in [5.74, 6) is 0. The second-order valence-electron chi connectivity index (χ2n) is 6.52. The lowest BCUT2D eigenvalue weighted by molar-refractivity contribution is -0.143. The average molecular weight is 386 g/mol. The van der Waals surface area contributed by atoms with Gasteiger partial charge in [-0.2, -0.15) is 26.3 Å². The third kappa shape index (κ3) is 7.94. The standard InChI is InChI=1S/C16H20F6N2O2/c1-14(2,3)26-13(25)24-5-4-23-9-10-6-11(15(17,18)19)8-12(7-10)16(20,21)22/h6-8,23H,4-5,9H2,1-3H3,(H,24,25). The summed E-state index contributed by atoms with van der Waals surface area (Å²) in [6, 6.07) is 1.39. The van der Waals surface area contributed by atoms with Gasteiger partial charge in [0.25, 0.3) is 0 Å². The van der Waals surface area contributed by atoms with Crippen LogP contribution in [0.1, 0.15) is 37.5 Å². The Morgan fingerprint density at radius 1 is 0.923 bits per heavy atom. The van der Waals surface area contributed by atoms with Crippen molar-refractivity contribution in [3.8, 4) is 0 Å². The molecule has 0 unspecified atom stereocenters. The molecule has 10 heteroatoms. The third-order valence-corrected chi connectivity index (χ3v) is 2.95. The molecule has 4 nitrogen and oxygen atoms in total. The highest BCUT2D eigenvalue weighted by molar-refractivity contribution is 5.67. The fourth-order valence-electron chi connectivity index (χ4n) is 1.92. The Kier molecular flexibility index (Phi) is 6.92. The molecule has 2 N–H and O–H groups in total. The number of hydrogen-bond donors (Lipinski definition) is 2. The minimum Gasteiger partial charge on any atom is -0.444 e. The van der Waals surface area contributed by atoms with Crippen molar-refractivity contribution in [2.24, 2.45) is 0 Å². The highest BCUT2D eigenvalue weighted by Gasteiger charge is 2.36. The Balaban J connectivity index is 2.63. The summed E-state index contributed by atoms with van der Waals surface area (Å²) >= 11 is 0. The molecule has 0 aliphatic carbocycles. The zero-order valence-electron chi connectivity index (χ0n) is 14.4. The minimum atomic E-state index is -4.88. The van der Waals surface area contributed by atoms with Crippen molar-refractivity contribution in [3.63, 3.8) is 0 Å². The smallest absolute Gasteiger partial charge is 0.416 e. The lowest BCUT2D eigenvalue weighted by atomic mass is 10.0. The van der Waals surface area contributed by atoms with Gasteiger partial charge in [-0.25, -0.2) is 4.79 Å². The zero-order chi connectivity index (χ0) is 20.2. The molecule has 0 aliphatic rings. The third-order valence-electron chi connectivity index (χ3n) is 2.95. The maximum Gasteiger partial charge on any atom is 0.416 e. The van der Waals surface area contributed by atoms with Crippen LogP contribution in [0.5, 0.6) is 0 Å². The van der Waals surface area contributed by atoms with E-state index in [0.717, 1.165) is 0 Å². The van der Waals surface area contributed by atoms with Crippen molar-refractivity contribution in [3.05, 3.63) is 34.9 Å². The normalized spacial score (nSPS) is 12.8. The van der Waals surface area contributed by atoms with E-state index in [4.69, 9.17) is 4.74 Å². The lowest BCUT2D eigenvalue weighted by Gasteiger charge is -2.19. The molecule has 0 aliphatic heterocycles. The van der Waals surface area contributed by atoms with Crippen molar-refractivity contribution in [2.45, 2.75) is 45.3 Å². The summed E-state index contributed by atoms with van der Waals surface area (Å²) < 4.78 is 81.5. The molecule has 1 aromatic rings. The van der Waals surface area contributed by atoms with Crippen molar-refractivity contribution in [2.75, 3.05) is 13.1 Å². The number of alkyl halides is 6. The van der Waals surface area contributed by atoms with Gasteiger partial charge in [-0.05, 0) is 44.5 Å². The van der Waals surface area contributed by atoms with Crippen LogP contribution >= 0.6 is 0 Å². The summed E-state index contributed by atoms with van der Waals surface area (Å²) in [4.78, 5) is 11.4. The topological polar surface area (TPSA) is 50.4 Å². The zero-order valence-corrected chi connectivity index (χ0v) is 14.4. The maximum absolute atomic E-state index is 12.8. The molecular weight excluding hydrogens is 366 g/mol. The van der Waals surface area contributed by atoms with Gasteiger partial charge in [-0.15, -0.1) is 0 Å². The van der Waals surface area contributed by atoms with E-state index in [9.17, 15) is 31.1 Å². The van der Waals surface area contributed by atoms with E-state index >= 15 is 0 Å². The van der Waals surface area contributed by atoms with E-state index in [1.54, 1.807) is 20.8 Å². The first-order valence-corrected chi connectivity index (χ1v) is 7.64. The number of halogens is 6. The number of hydrogen-bond acceptors (Lipinski definition) is 3. The number of carbonyl (C=O) groups excluding carboxylic acids is 1. The Morgan fingerprint density at radius 3 is 1.85 bits per heavy atom. The molecule has 26 heavy (non-hydrogen) atoms. The van der Waals surface area contributed by atoms with Crippen LogP contribution in [0.15, 0.2) is 18.2 Å². The van der Waals surface area contributed by atoms with Crippen LogP contribution in [0.2, 0.25) is 0 Å². The first-order valence-electron chi connectivity index (χ1n) is 7.64. The highest BCUT2D eigenvalue weighted by atomic mass is 19.4. The molecule has 1 amide bonds. The van der Waals surface area contributed by atoms with Crippen molar-refractivity contribution in [1.29, 1.82) is 0 Å². The van der Waals surface area contributed by atoms with Gasteiger partial charge in [0.1, 0.15) is 5.60 Å². The van der Waals surface area contributed by atoms with Crippen LogP contribution in [0.4, 0.5) is 31.1 Å². The Bertz CT molecular complexity index is 588. The van der Waals surface area contributed by atoms with Crippen molar-refractivity contribution in [1.82, 2.24) is 10.6 Å². The lowest BCUT2D eigenvalue weighted by Crippen LogP contribution is -2.36. The summed E-state index contributed by atoms with van der Waals surface area (Å²) in [5.41, 5.74) is -3.57. The number of carbonyl (C=O) groups is 1. The van der Waals surface area contributed by atoms with Crippen molar-refractivity contribution < 1.29 is 35.9 Å². The van der Waals surface area contributed by atoms with Gasteiger partial charge in [0.2, 0.25) is 0 Å². The van der Waals surface area contributed by atoms with Gasteiger partial charge in [-0.3, -0.25) is 0 Å². The van der Waals surface area contributed by atoms with Gasteiger partial charge in [-0.1, -0.05) is 0 Å². The molecule has 148 valence electrons. The number of nitrogens with one attached hydrogen (secondary N) is 2. The van der Waals surface area contributed by atoms with Gasteiger partial charge < -0.3 is 15.4 Å². The monoisotopic (exact) mass is 386 g/mol. The summed E-state index contributed by atoms with van der Waals surface area (Å²) in [6.45, 7) is 5.05. The highest BCUT2D eigenvalue weighted by Crippen LogP contribution is 2.36. The van der Waals surface area contributed by atoms with Crippen LogP contribution in [0.3, 0.4) is 0 Å². The van der Waals surface area contributed by atoms with Crippen molar-refractivity contribution >= 4 is 6.09 Å². The summed E-state index contributed by atoms with van der Waals surface area (Å²) in [6.07, 6.45) is -10.4. The summed E-state index contributed by atoms with van der Waals surface area (Å²) in [5, 5.41) is 5.09. The summed E-state index contributed by atoms with van der Waals surface area (Å²) in [7, 11) is 0. The molecule has 0 saturated carbocycles. The molecule has 0 fully saturated rings. The molecule has 0 saturated heterocycles. The molecule has 0 radical (unpaired) electrons. The van der Waals surface area contributed by atoms with Gasteiger partial charge in [0, 0.05) is 19.6 Å². The van der Waals surface area contributed by atoms with Crippen LogP contribution in [0, 0.1) is 0 Å². The molecule has 0 spiro atoms. The first-order chi connectivity index (χ1) is 11.7. The molecule has 0 aromatic heterocycles. The van der Waals surface area contributed by atoms with Crippen LogP contribution in [0.25, 0.3) is 0 Å². The largest absolute Gasteiger partial charge is 0.444 e. The van der Waals surface area contributed by atoms with Crippen LogP contribution < -0.4 is 10.6 Å². The van der Waals surface area contributed by atoms with E-state index in [0.29, 0.717) is 12.1 Å². The Morgan fingerprint density at radius 2 is 1.42 bits per heavy atom. The maximum atomic E-state index is 12.8. The second kappa shape index (κ2) is 8.15. The van der Waals surface area contributed by atoms with E-state index in [2.05, 4.69) is 10.6 Å². The molecular formula is C16H20F6N2O2. The molecule has 0 bridgehead atoms. The van der Waals surface area contributed by atoms with E-state index in [-0.39, 0.29) is 31.3 Å². The predicted molar refractivity (Wildman–Crippen MR) is 82.4 cm³/mol.